The minimum atomic E-state index is -1.12. The van der Waals surface area contributed by atoms with E-state index in [0.717, 1.165) is 4.90 Å². The number of carbonyl (C=O) groups is 2. The topological polar surface area (TPSA) is 61.8 Å². The summed E-state index contributed by atoms with van der Waals surface area (Å²) >= 11 is 1.40. The Hall–Kier alpha value is -1.53. The molecule has 1 fully saturated rings. The lowest BCUT2D eigenvalue weighted by Crippen LogP contribution is -2.54. The smallest absolute Gasteiger partial charge is 0.349 e. The van der Waals surface area contributed by atoms with E-state index in [-0.39, 0.29) is 41.9 Å². The van der Waals surface area contributed by atoms with E-state index in [4.69, 9.17) is 14.2 Å². The Morgan fingerprint density at radius 3 is 2.46 bits per heavy atom. The number of esters is 2. The van der Waals surface area contributed by atoms with E-state index in [2.05, 4.69) is 13.8 Å². The number of hydrogen-bond donors (Lipinski definition) is 0. The van der Waals surface area contributed by atoms with Crippen LogP contribution >= 0.6 is 11.8 Å². The maximum Gasteiger partial charge on any atom is 0.349 e. The van der Waals surface area contributed by atoms with E-state index in [9.17, 15) is 9.59 Å². The molecule has 1 heterocycles. The molecule has 0 saturated carbocycles. The lowest BCUT2D eigenvalue weighted by molar-refractivity contribution is -0.194. The summed E-state index contributed by atoms with van der Waals surface area (Å²) in [6.07, 6.45) is 0.767. The van der Waals surface area contributed by atoms with Crippen molar-refractivity contribution in [3.63, 3.8) is 0 Å². The van der Waals surface area contributed by atoms with E-state index < -0.39 is 4.93 Å². The molecule has 156 valence electrons. The van der Waals surface area contributed by atoms with Crippen molar-refractivity contribution in [1.82, 2.24) is 0 Å². The first kappa shape index (κ1) is 22.8. The van der Waals surface area contributed by atoms with Crippen molar-refractivity contribution in [1.29, 1.82) is 0 Å². The first-order valence-electron chi connectivity index (χ1n) is 9.91. The summed E-state index contributed by atoms with van der Waals surface area (Å²) in [7, 11) is 1.40. The summed E-state index contributed by atoms with van der Waals surface area (Å²) < 4.78 is 17.2. The van der Waals surface area contributed by atoms with Gasteiger partial charge in [-0.2, -0.15) is 0 Å². The first-order valence-corrected chi connectivity index (χ1v) is 10.7. The Morgan fingerprint density at radius 1 is 1.29 bits per heavy atom. The zero-order valence-electron chi connectivity index (χ0n) is 17.6. The highest BCUT2D eigenvalue weighted by atomic mass is 32.2. The van der Waals surface area contributed by atoms with E-state index in [0.29, 0.717) is 12.8 Å². The molecule has 28 heavy (non-hydrogen) atoms. The van der Waals surface area contributed by atoms with Gasteiger partial charge in [0.05, 0.1) is 13.2 Å². The van der Waals surface area contributed by atoms with Crippen LogP contribution in [-0.4, -0.2) is 36.2 Å². The SMILES string of the molecule is CC[C@@H](OC(C)=O)[C@@H](C)[C@@H]1OC(Sc2ccccc2)(C(=O)OC)CC(C)[C@H]1C. The normalized spacial score (nSPS) is 29.6. The molecular weight excluding hydrogens is 376 g/mol. The summed E-state index contributed by atoms with van der Waals surface area (Å²) in [5.74, 6) is -0.266. The van der Waals surface area contributed by atoms with Crippen LogP contribution in [0.1, 0.15) is 47.5 Å². The average molecular weight is 409 g/mol. The van der Waals surface area contributed by atoms with Crippen LogP contribution in [0.4, 0.5) is 0 Å². The fourth-order valence-electron chi connectivity index (χ4n) is 3.96. The molecule has 0 spiro atoms. The Morgan fingerprint density at radius 2 is 1.93 bits per heavy atom. The van der Waals surface area contributed by atoms with Crippen LogP contribution in [0.5, 0.6) is 0 Å². The Balaban J connectivity index is 2.36. The van der Waals surface area contributed by atoms with Gasteiger partial charge in [-0.25, -0.2) is 4.79 Å². The van der Waals surface area contributed by atoms with Crippen molar-refractivity contribution in [2.24, 2.45) is 17.8 Å². The molecule has 6 heteroatoms. The molecule has 2 rings (SSSR count). The average Bonchev–Trinajstić information content (AvgIpc) is 2.68. The van der Waals surface area contributed by atoms with Gasteiger partial charge in [0.2, 0.25) is 4.93 Å². The minimum Gasteiger partial charge on any atom is -0.466 e. The highest BCUT2D eigenvalue weighted by Gasteiger charge is 2.53. The standard InChI is InChI=1S/C22H32O5S/c1-7-19(26-17(5)23)16(4)20-15(3)14(2)13-22(27-20,21(24)25-6)28-18-11-9-8-10-12-18/h8-12,14-16,19-20H,7,13H2,1-6H3/t14?,15-,16-,19-,20-,22?/m1/s1. The first-order chi connectivity index (χ1) is 13.2. The van der Waals surface area contributed by atoms with Crippen molar-refractivity contribution in [2.75, 3.05) is 7.11 Å². The highest BCUT2D eigenvalue weighted by Crippen LogP contribution is 2.49. The third kappa shape index (κ3) is 5.09. The molecule has 1 aromatic rings. The third-order valence-electron chi connectivity index (χ3n) is 5.68. The summed E-state index contributed by atoms with van der Waals surface area (Å²) in [5, 5.41) is 0. The van der Waals surface area contributed by atoms with E-state index in [1.165, 1.54) is 25.8 Å². The second-order valence-electron chi connectivity index (χ2n) is 7.70. The summed E-state index contributed by atoms with van der Waals surface area (Å²) in [5.41, 5.74) is 0. The van der Waals surface area contributed by atoms with Gasteiger partial charge >= 0.3 is 11.9 Å². The van der Waals surface area contributed by atoms with Gasteiger partial charge in [-0.3, -0.25) is 4.79 Å². The fraction of sp³-hybridized carbons (Fsp3) is 0.636. The quantitative estimate of drug-likeness (QED) is 0.610. The van der Waals surface area contributed by atoms with Crippen LogP contribution in [0.25, 0.3) is 0 Å². The molecule has 1 aromatic carbocycles. The number of thioether (sulfide) groups is 1. The van der Waals surface area contributed by atoms with Crippen molar-refractivity contribution in [2.45, 2.75) is 69.5 Å². The zero-order chi connectivity index (χ0) is 20.9. The largest absolute Gasteiger partial charge is 0.466 e. The van der Waals surface area contributed by atoms with E-state index in [1.807, 2.05) is 44.2 Å². The van der Waals surface area contributed by atoms with Crippen molar-refractivity contribution >= 4 is 23.7 Å². The third-order valence-corrected chi connectivity index (χ3v) is 6.95. The number of ether oxygens (including phenoxy) is 3. The Bertz CT molecular complexity index is 664. The predicted molar refractivity (Wildman–Crippen MR) is 110 cm³/mol. The van der Waals surface area contributed by atoms with E-state index in [1.54, 1.807) is 0 Å². The number of carbonyl (C=O) groups excluding carboxylic acids is 2. The second kappa shape index (κ2) is 9.79. The molecular formula is C22H32O5S. The van der Waals surface area contributed by atoms with Gasteiger partial charge in [0.25, 0.3) is 0 Å². The summed E-state index contributed by atoms with van der Waals surface area (Å²) in [6.45, 7) is 9.73. The molecule has 2 unspecified atom stereocenters. The fourth-order valence-corrected chi connectivity index (χ4v) is 5.30. The lowest BCUT2D eigenvalue weighted by Gasteiger charge is -2.47. The lowest BCUT2D eigenvalue weighted by atomic mass is 9.77. The molecule has 1 aliphatic rings. The van der Waals surface area contributed by atoms with Crippen molar-refractivity contribution in [3.05, 3.63) is 30.3 Å². The van der Waals surface area contributed by atoms with Gasteiger partial charge in [-0.05, 0) is 30.4 Å². The predicted octanol–water partition coefficient (Wildman–Crippen LogP) is 4.69. The van der Waals surface area contributed by atoms with Gasteiger partial charge in [0.15, 0.2) is 0 Å². The van der Waals surface area contributed by atoms with Crippen LogP contribution in [0.15, 0.2) is 35.2 Å². The van der Waals surface area contributed by atoms with Gasteiger partial charge < -0.3 is 14.2 Å². The van der Waals surface area contributed by atoms with Gasteiger partial charge in [0, 0.05) is 24.2 Å². The molecule has 6 atom stereocenters. The maximum atomic E-state index is 12.9. The van der Waals surface area contributed by atoms with Gasteiger partial charge in [-0.1, -0.05) is 57.7 Å². The van der Waals surface area contributed by atoms with Crippen LogP contribution in [0, 0.1) is 17.8 Å². The van der Waals surface area contributed by atoms with Crippen LogP contribution in [0.3, 0.4) is 0 Å². The number of hydrogen-bond acceptors (Lipinski definition) is 6. The molecule has 1 aliphatic heterocycles. The highest BCUT2D eigenvalue weighted by molar-refractivity contribution is 8.01. The Labute approximate surface area is 172 Å². The van der Waals surface area contributed by atoms with Crippen LogP contribution in [-0.2, 0) is 23.8 Å². The molecule has 5 nitrogen and oxygen atoms in total. The molecule has 0 N–H and O–H groups in total. The number of methoxy groups -OCH3 is 1. The maximum absolute atomic E-state index is 12.9. The van der Waals surface area contributed by atoms with Crippen molar-refractivity contribution in [3.8, 4) is 0 Å². The minimum absolute atomic E-state index is 0.0490. The number of rotatable bonds is 7. The summed E-state index contributed by atoms with van der Waals surface area (Å²) in [4.78, 5) is 24.2. The zero-order valence-corrected chi connectivity index (χ0v) is 18.5. The molecule has 0 aliphatic carbocycles. The molecule has 0 amide bonds. The molecule has 0 aromatic heterocycles. The number of benzene rings is 1. The Kier molecular flexibility index (Phi) is 7.96. The summed E-state index contributed by atoms with van der Waals surface area (Å²) in [6, 6.07) is 9.75. The monoisotopic (exact) mass is 408 g/mol. The van der Waals surface area contributed by atoms with Crippen molar-refractivity contribution < 1.29 is 23.8 Å². The van der Waals surface area contributed by atoms with Gasteiger partial charge in [-0.15, -0.1) is 0 Å². The van der Waals surface area contributed by atoms with E-state index >= 15 is 0 Å². The molecule has 0 radical (unpaired) electrons. The van der Waals surface area contributed by atoms with Gasteiger partial charge in [0.1, 0.15) is 6.10 Å². The van der Waals surface area contributed by atoms with Crippen LogP contribution < -0.4 is 0 Å². The second-order valence-corrected chi connectivity index (χ2v) is 9.03. The van der Waals surface area contributed by atoms with Crippen LogP contribution in [0.2, 0.25) is 0 Å². The molecule has 0 bridgehead atoms. The molecule has 1 saturated heterocycles.